The SMILES string of the molecule is CC(C)(C)OC(=O)N1[C@H]2CC[C@H](O)[C@@H]1CC[C@H]2O. The van der Waals surface area contributed by atoms with Crippen molar-refractivity contribution in [3.05, 3.63) is 0 Å². The summed E-state index contributed by atoms with van der Waals surface area (Å²) < 4.78 is 5.38. The first-order chi connectivity index (χ1) is 8.29. The third-order valence-electron chi connectivity index (χ3n) is 3.72. The topological polar surface area (TPSA) is 70.0 Å². The number of nitrogens with zero attached hydrogens (tertiary/aromatic N) is 1. The number of fused-ring (bicyclic) bond motifs is 2. The average molecular weight is 257 g/mol. The van der Waals surface area contributed by atoms with Crippen molar-refractivity contribution in [1.29, 1.82) is 0 Å². The molecule has 4 atom stereocenters. The van der Waals surface area contributed by atoms with Gasteiger partial charge in [-0.2, -0.15) is 0 Å². The van der Waals surface area contributed by atoms with Crippen molar-refractivity contribution in [3.8, 4) is 0 Å². The summed E-state index contributed by atoms with van der Waals surface area (Å²) >= 11 is 0. The van der Waals surface area contributed by atoms with Crippen LogP contribution in [0.2, 0.25) is 0 Å². The van der Waals surface area contributed by atoms with E-state index in [1.165, 1.54) is 0 Å². The van der Waals surface area contributed by atoms with Crippen LogP contribution in [-0.2, 0) is 4.74 Å². The third-order valence-corrected chi connectivity index (χ3v) is 3.72. The van der Waals surface area contributed by atoms with Crippen LogP contribution < -0.4 is 0 Å². The number of ether oxygens (including phenoxy) is 1. The lowest BCUT2D eigenvalue weighted by Crippen LogP contribution is -2.63. The first kappa shape index (κ1) is 13.6. The second-order valence-corrected chi connectivity index (χ2v) is 6.31. The molecule has 5 heteroatoms. The molecular formula is C13H23NO4. The lowest BCUT2D eigenvalue weighted by molar-refractivity contribution is -0.0981. The lowest BCUT2D eigenvalue weighted by Gasteiger charge is -2.50. The summed E-state index contributed by atoms with van der Waals surface area (Å²) in [5.74, 6) is 0. The maximum Gasteiger partial charge on any atom is 0.410 e. The fourth-order valence-corrected chi connectivity index (χ4v) is 2.93. The van der Waals surface area contributed by atoms with Crippen LogP contribution in [0.1, 0.15) is 46.5 Å². The number of hydrogen-bond donors (Lipinski definition) is 2. The second-order valence-electron chi connectivity index (χ2n) is 6.31. The summed E-state index contributed by atoms with van der Waals surface area (Å²) in [4.78, 5) is 13.8. The van der Waals surface area contributed by atoms with Crippen molar-refractivity contribution in [3.63, 3.8) is 0 Å². The molecule has 2 bridgehead atoms. The van der Waals surface area contributed by atoms with Gasteiger partial charge in [-0.05, 0) is 46.5 Å². The minimum absolute atomic E-state index is 0.206. The highest BCUT2D eigenvalue weighted by molar-refractivity contribution is 5.69. The molecule has 2 N–H and O–H groups in total. The first-order valence-corrected chi connectivity index (χ1v) is 6.67. The Morgan fingerprint density at radius 2 is 1.50 bits per heavy atom. The number of hydrogen-bond acceptors (Lipinski definition) is 4. The van der Waals surface area contributed by atoms with E-state index in [0.717, 1.165) is 0 Å². The quantitative estimate of drug-likeness (QED) is 0.685. The Morgan fingerprint density at radius 1 is 1.06 bits per heavy atom. The molecular weight excluding hydrogens is 234 g/mol. The van der Waals surface area contributed by atoms with Crippen molar-refractivity contribution in [2.45, 2.75) is 76.3 Å². The molecule has 18 heavy (non-hydrogen) atoms. The number of rotatable bonds is 0. The monoisotopic (exact) mass is 257 g/mol. The average Bonchev–Trinajstić information content (AvgIpc) is 2.23. The highest BCUT2D eigenvalue weighted by atomic mass is 16.6. The molecule has 0 radical (unpaired) electrons. The van der Waals surface area contributed by atoms with E-state index in [4.69, 9.17) is 4.74 Å². The largest absolute Gasteiger partial charge is 0.444 e. The smallest absolute Gasteiger partial charge is 0.410 e. The van der Waals surface area contributed by atoms with E-state index in [1.807, 2.05) is 20.8 Å². The Labute approximate surface area is 108 Å². The number of aliphatic hydroxyl groups excluding tert-OH is 2. The fourth-order valence-electron chi connectivity index (χ4n) is 2.93. The molecule has 0 aromatic rings. The van der Waals surface area contributed by atoms with Crippen LogP contribution in [0.5, 0.6) is 0 Å². The number of aliphatic hydroxyl groups is 2. The van der Waals surface area contributed by atoms with Crippen molar-refractivity contribution < 1.29 is 19.7 Å². The molecule has 104 valence electrons. The molecule has 2 aliphatic rings. The molecule has 1 amide bonds. The van der Waals surface area contributed by atoms with Gasteiger partial charge in [-0.15, -0.1) is 0 Å². The Balaban J connectivity index is 2.16. The predicted octanol–water partition coefficient (Wildman–Crippen LogP) is 1.27. The third kappa shape index (κ3) is 2.62. The molecule has 0 spiro atoms. The minimum Gasteiger partial charge on any atom is -0.444 e. The molecule has 5 nitrogen and oxygen atoms in total. The van der Waals surface area contributed by atoms with Gasteiger partial charge >= 0.3 is 6.09 Å². The summed E-state index contributed by atoms with van der Waals surface area (Å²) in [6, 6.07) is -0.413. The van der Waals surface area contributed by atoms with Crippen LogP contribution in [-0.4, -0.2) is 51.1 Å². The van der Waals surface area contributed by atoms with Gasteiger partial charge in [-0.25, -0.2) is 4.79 Å². The van der Waals surface area contributed by atoms with Crippen LogP contribution in [0.15, 0.2) is 0 Å². The van der Waals surface area contributed by atoms with Gasteiger partial charge in [0.15, 0.2) is 0 Å². The molecule has 0 aromatic heterocycles. The molecule has 2 fully saturated rings. The summed E-state index contributed by atoms with van der Waals surface area (Å²) in [6.45, 7) is 5.45. The van der Waals surface area contributed by atoms with E-state index >= 15 is 0 Å². The standard InChI is InChI=1S/C13H23NO4/c1-13(2,3)18-12(17)14-8-4-6-10(15)9(14)5-7-11(8)16/h8-11,15-16H,4-7H2,1-3H3/t8-,9-,10-,11+/m0/s1. The first-order valence-electron chi connectivity index (χ1n) is 6.67. The molecule has 2 saturated heterocycles. The van der Waals surface area contributed by atoms with Gasteiger partial charge in [-0.1, -0.05) is 0 Å². The normalized spacial score (nSPS) is 36.4. The van der Waals surface area contributed by atoms with Gasteiger partial charge < -0.3 is 14.9 Å². The van der Waals surface area contributed by atoms with E-state index in [2.05, 4.69) is 0 Å². The Morgan fingerprint density at radius 3 is 1.89 bits per heavy atom. The second kappa shape index (κ2) is 4.70. The lowest BCUT2D eigenvalue weighted by atomic mass is 9.81. The minimum atomic E-state index is -0.557. The molecule has 0 saturated carbocycles. The zero-order valence-electron chi connectivity index (χ0n) is 11.3. The van der Waals surface area contributed by atoms with Gasteiger partial charge in [-0.3, -0.25) is 4.90 Å². The van der Waals surface area contributed by atoms with E-state index in [0.29, 0.717) is 25.7 Å². The summed E-state index contributed by atoms with van der Waals surface area (Å²) in [6.07, 6.45) is 1.14. The predicted molar refractivity (Wildman–Crippen MR) is 66.1 cm³/mol. The zero-order valence-corrected chi connectivity index (χ0v) is 11.3. The van der Waals surface area contributed by atoms with Crippen LogP contribution in [0, 0.1) is 0 Å². The van der Waals surface area contributed by atoms with Crippen LogP contribution in [0.3, 0.4) is 0 Å². The molecule has 2 rings (SSSR count). The van der Waals surface area contributed by atoms with Gasteiger partial charge in [0.05, 0.1) is 24.3 Å². The molecule has 2 aliphatic heterocycles. The molecule has 2 heterocycles. The Kier molecular flexibility index (Phi) is 3.56. The van der Waals surface area contributed by atoms with Crippen molar-refractivity contribution in [1.82, 2.24) is 4.90 Å². The summed E-state index contributed by atoms with van der Waals surface area (Å²) in [5, 5.41) is 20.0. The van der Waals surface area contributed by atoms with Gasteiger partial charge in [0.1, 0.15) is 5.60 Å². The molecule has 0 aliphatic carbocycles. The molecule has 0 unspecified atom stereocenters. The van der Waals surface area contributed by atoms with Gasteiger partial charge in [0, 0.05) is 0 Å². The Hall–Kier alpha value is -0.810. The number of carbonyl (C=O) groups excluding carboxylic acids is 1. The van der Waals surface area contributed by atoms with E-state index in [9.17, 15) is 15.0 Å². The summed E-state index contributed by atoms with van der Waals surface area (Å²) in [7, 11) is 0. The van der Waals surface area contributed by atoms with Gasteiger partial charge in [0.2, 0.25) is 0 Å². The number of carbonyl (C=O) groups is 1. The summed E-state index contributed by atoms with van der Waals surface area (Å²) in [5.41, 5.74) is -0.557. The van der Waals surface area contributed by atoms with Crippen LogP contribution in [0.4, 0.5) is 4.79 Å². The number of piperidine rings is 2. The van der Waals surface area contributed by atoms with Crippen molar-refractivity contribution >= 4 is 6.09 Å². The van der Waals surface area contributed by atoms with Gasteiger partial charge in [0.25, 0.3) is 0 Å². The van der Waals surface area contributed by atoms with E-state index in [1.54, 1.807) is 4.90 Å². The Bertz CT molecular complexity index is 307. The molecule has 0 aromatic carbocycles. The van der Waals surface area contributed by atoms with Crippen LogP contribution >= 0.6 is 0 Å². The van der Waals surface area contributed by atoms with Crippen molar-refractivity contribution in [2.75, 3.05) is 0 Å². The maximum absolute atomic E-state index is 12.2. The van der Waals surface area contributed by atoms with E-state index < -0.39 is 23.9 Å². The zero-order chi connectivity index (χ0) is 13.5. The van der Waals surface area contributed by atoms with Crippen LogP contribution in [0.25, 0.3) is 0 Å². The highest BCUT2D eigenvalue weighted by Gasteiger charge is 2.47. The highest BCUT2D eigenvalue weighted by Crippen LogP contribution is 2.35. The number of amides is 1. The van der Waals surface area contributed by atoms with E-state index in [-0.39, 0.29) is 12.1 Å². The maximum atomic E-state index is 12.2. The van der Waals surface area contributed by atoms with Crippen molar-refractivity contribution in [2.24, 2.45) is 0 Å². The fraction of sp³-hybridized carbons (Fsp3) is 0.923.